The van der Waals surface area contributed by atoms with E-state index in [1.807, 2.05) is 26.0 Å². The van der Waals surface area contributed by atoms with E-state index in [2.05, 4.69) is 0 Å². The van der Waals surface area contributed by atoms with Gasteiger partial charge in [-0.2, -0.15) is 0 Å². The smallest absolute Gasteiger partial charge is 0.264 e. The summed E-state index contributed by atoms with van der Waals surface area (Å²) >= 11 is 1.44. The summed E-state index contributed by atoms with van der Waals surface area (Å²) in [5, 5.41) is 9.57. The van der Waals surface area contributed by atoms with Crippen LogP contribution >= 0.6 is 11.3 Å². The van der Waals surface area contributed by atoms with Gasteiger partial charge in [0, 0.05) is 11.4 Å². The molecule has 1 N–H and O–H groups in total. The molecule has 0 unspecified atom stereocenters. The second-order valence-corrected chi connectivity index (χ2v) is 6.50. The monoisotopic (exact) mass is 321 g/mol. The van der Waals surface area contributed by atoms with Crippen molar-refractivity contribution in [2.75, 3.05) is 6.61 Å². The van der Waals surface area contributed by atoms with E-state index in [0.717, 1.165) is 10.4 Å². The first-order chi connectivity index (χ1) is 10.5. The lowest BCUT2D eigenvalue weighted by Crippen LogP contribution is -2.41. The molecule has 0 aliphatic carbocycles. The van der Waals surface area contributed by atoms with Crippen molar-refractivity contribution in [1.82, 2.24) is 4.90 Å². The van der Waals surface area contributed by atoms with Gasteiger partial charge in [0.1, 0.15) is 5.82 Å². The molecule has 22 heavy (non-hydrogen) atoms. The maximum atomic E-state index is 13.0. The van der Waals surface area contributed by atoms with Gasteiger partial charge in [-0.1, -0.05) is 19.1 Å². The molecule has 2 rings (SSSR count). The van der Waals surface area contributed by atoms with Crippen molar-refractivity contribution in [3.8, 4) is 0 Å². The van der Waals surface area contributed by atoms with Crippen LogP contribution in [-0.2, 0) is 6.54 Å². The topological polar surface area (TPSA) is 40.5 Å². The predicted molar refractivity (Wildman–Crippen MR) is 86.5 cm³/mol. The van der Waals surface area contributed by atoms with Crippen molar-refractivity contribution in [2.24, 2.45) is 0 Å². The number of carbonyl (C=O) groups excluding carboxylic acids is 1. The fourth-order valence-electron chi connectivity index (χ4n) is 2.29. The van der Waals surface area contributed by atoms with E-state index >= 15 is 0 Å². The molecule has 0 aliphatic heterocycles. The Hall–Kier alpha value is -1.72. The molecule has 1 aromatic heterocycles. The first-order valence-corrected chi connectivity index (χ1v) is 8.09. The average molecular weight is 321 g/mol. The standard InChI is InChI=1S/C17H20FNO2S/c1-3-15(11-20)19(10-13-5-7-14(18)8-6-13)17(21)16-9-4-12(2)22-16/h4-9,15,20H,3,10-11H2,1-2H3/t15-/m1/s1. The molecule has 0 aliphatic rings. The molecular formula is C17H20FNO2S. The average Bonchev–Trinajstić information content (AvgIpc) is 2.95. The van der Waals surface area contributed by atoms with Crippen molar-refractivity contribution in [3.05, 3.63) is 57.5 Å². The van der Waals surface area contributed by atoms with Gasteiger partial charge >= 0.3 is 0 Å². The van der Waals surface area contributed by atoms with Crippen LogP contribution < -0.4 is 0 Å². The second kappa shape index (κ2) is 7.51. The Kier molecular flexibility index (Phi) is 5.69. The third-order valence-corrected chi connectivity index (χ3v) is 4.59. The van der Waals surface area contributed by atoms with Crippen LogP contribution in [0.15, 0.2) is 36.4 Å². The number of thiophene rings is 1. The molecular weight excluding hydrogens is 301 g/mol. The zero-order valence-electron chi connectivity index (χ0n) is 12.8. The lowest BCUT2D eigenvalue weighted by atomic mass is 10.1. The van der Waals surface area contributed by atoms with E-state index in [1.165, 1.54) is 23.5 Å². The molecule has 1 heterocycles. The quantitative estimate of drug-likeness (QED) is 0.883. The van der Waals surface area contributed by atoms with Crippen LogP contribution in [0.4, 0.5) is 4.39 Å². The van der Waals surface area contributed by atoms with Crippen LogP contribution in [0.25, 0.3) is 0 Å². The molecule has 2 aromatic rings. The van der Waals surface area contributed by atoms with E-state index in [9.17, 15) is 14.3 Å². The highest BCUT2D eigenvalue weighted by molar-refractivity contribution is 7.13. The number of aliphatic hydroxyl groups excluding tert-OH is 1. The highest BCUT2D eigenvalue weighted by Crippen LogP contribution is 2.21. The highest BCUT2D eigenvalue weighted by atomic mass is 32.1. The Morgan fingerprint density at radius 1 is 1.27 bits per heavy atom. The normalized spacial score (nSPS) is 12.2. The zero-order valence-corrected chi connectivity index (χ0v) is 13.6. The molecule has 1 aromatic carbocycles. The number of hydrogen-bond donors (Lipinski definition) is 1. The summed E-state index contributed by atoms with van der Waals surface area (Å²) in [6, 6.07) is 9.57. The van der Waals surface area contributed by atoms with Gasteiger partial charge in [0.15, 0.2) is 0 Å². The Morgan fingerprint density at radius 3 is 2.45 bits per heavy atom. The van der Waals surface area contributed by atoms with Crippen molar-refractivity contribution >= 4 is 17.2 Å². The van der Waals surface area contributed by atoms with E-state index in [4.69, 9.17) is 0 Å². The molecule has 5 heteroatoms. The fourth-order valence-corrected chi connectivity index (χ4v) is 3.12. The van der Waals surface area contributed by atoms with Crippen LogP contribution in [0.5, 0.6) is 0 Å². The number of aliphatic hydroxyl groups is 1. The summed E-state index contributed by atoms with van der Waals surface area (Å²) in [5.41, 5.74) is 0.843. The van der Waals surface area contributed by atoms with Crippen molar-refractivity contribution in [2.45, 2.75) is 32.9 Å². The van der Waals surface area contributed by atoms with E-state index in [1.54, 1.807) is 17.0 Å². The summed E-state index contributed by atoms with van der Waals surface area (Å²) in [6.45, 7) is 4.16. The Morgan fingerprint density at radius 2 is 1.95 bits per heavy atom. The number of halogens is 1. The SMILES string of the molecule is CC[C@H](CO)N(Cc1ccc(F)cc1)C(=O)c1ccc(C)s1. The van der Waals surface area contributed by atoms with Gasteiger partial charge in [-0.3, -0.25) is 4.79 Å². The summed E-state index contributed by atoms with van der Waals surface area (Å²) in [6.07, 6.45) is 0.661. The van der Waals surface area contributed by atoms with Gasteiger partial charge in [0.25, 0.3) is 5.91 Å². The summed E-state index contributed by atoms with van der Waals surface area (Å²) in [4.78, 5) is 16.1. The van der Waals surface area contributed by atoms with E-state index in [0.29, 0.717) is 17.8 Å². The third-order valence-electron chi connectivity index (χ3n) is 3.60. The number of benzene rings is 1. The zero-order chi connectivity index (χ0) is 16.1. The Bertz CT molecular complexity index is 620. The number of carbonyl (C=O) groups is 1. The Labute approximate surface area is 134 Å². The van der Waals surface area contributed by atoms with Crippen LogP contribution in [-0.4, -0.2) is 28.6 Å². The van der Waals surface area contributed by atoms with Gasteiger partial charge in [-0.15, -0.1) is 11.3 Å². The molecule has 0 saturated heterocycles. The van der Waals surface area contributed by atoms with E-state index in [-0.39, 0.29) is 24.4 Å². The maximum absolute atomic E-state index is 13.0. The maximum Gasteiger partial charge on any atom is 0.264 e. The van der Waals surface area contributed by atoms with Crippen LogP contribution in [0, 0.1) is 12.7 Å². The molecule has 0 fully saturated rings. The Balaban J connectivity index is 2.25. The minimum absolute atomic E-state index is 0.0895. The fraction of sp³-hybridized carbons (Fsp3) is 0.353. The molecule has 3 nitrogen and oxygen atoms in total. The molecule has 0 bridgehead atoms. The summed E-state index contributed by atoms with van der Waals surface area (Å²) in [5.74, 6) is -0.395. The number of aryl methyl sites for hydroxylation is 1. The third kappa shape index (κ3) is 3.93. The van der Waals surface area contributed by atoms with Gasteiger partial charge in [-0.05, 0) is 43.2 Å². The van der Waals surface area contributed by atoms with Crippen LogP contribution in [0.2, 0.25) is 0 Å². The molecule has 118 valence electrons. The van der Waals surface area contributed by atoms with Crippen molar-refractivity contribution in [1.29, 1.82) is 0 Å². The lowest BCUT2D eigenvalue weighted by Gasteiger charge is -2.29. The lowest BCUT2D eigenvalue weighted by molar-refractivity contribution is 0.0568. The summed E-state index contributed by atoms with van der Waals surface area (Å²) in [7, 11) is 0. The number of rotatable bonds is 6. The molecule has 0 radical (unpaired) electrons. The van der Waals surface area contributed by atoms with Crippen molar-refractivity contribution in [3.63, 3.8) is 0 Å². The first kappa shape index (κ1) is 16.6. The molecule has 1 amide bonds. The number of nitrogens with zero attached hydrogens (tertiary/aromatic N) is 1. The van der Waals surface area contributed by atoms with Gasteiger partial charge in [-0.25, -0.2) is 4.39 Å². The van der Waals surface area contributed by atoms with Gasteiger partial charge < -0.3 is 10.0 Å². The van der Waals surface area contributed by atoms with Crippen molar-refractivity contribution < 1.29 is 14.3 Å². The second-order valence-electron chi connectivity index (χ2n) is 5.21. The van der Waals surface area contributed by atoms with Crippen LogP contribution in [0.1, 0.15) is 33.5 Å². The largest absolute Gasteiger partial charge is 0.394 e. The number of hydrogen-bond acceptors (Lipinski definition) is 3. The minimum atomic E-state index is -0.301. The number of amides is 1. The first-order valence-electron chi connectivity index (χ1n) is 7.27. The molecule has 0 saturated carbocycles. The molecule has 1 atom stereocenters. The van der Waals surface area contributed by atoms with Gasteiger partial charge in [0.2, 0.25) is 0 Å². The van der Waals surface area contributed by atoms with Gasteiger partial charge in [0.05, 0.1) is 17.5 Å². The highest BCUT2D eigenvalue weighted by Gasteiger charge is 2.24. The minimum Gasteiger partial charge on any atom is -0.394 e. The van der Waals surface area contributed by atoms with E-state index < -0.39 is 0 Å². The molecule has 0 spiro atoms. The predicted octanol–water partition coefficient (Wildman–Crippen LogP) is 3.61. The summed E-state index contributed by atoms with van der Waals surface area (Å²) < 4.78 is 13.0. The van der Waals surface area contributed by atoms with Crippen LogP contribution in [0.3, 0.4) is 0 Å².